The van der Waals surface area contributed by atoms with Crippen LogP contribution in [0.3, 0.4) is 0 Å². The monoisotopic (exact) mass is 254 g/mol. The highest BCUT2D eigenvalue weighted by atomic mass is 28.3. The molecule has 0 bridgehead atoms. The predicted molar refractivity (Wildman–Crippen MR) is 85.4 cm³/mol. The normalized spacial score (nSPS) is 10.2. The number of hydrogen-bond donors (Lipinski definition) is 0. The fraction of sp³-hybridized carbons (Fsp3) is 0.176. The lowest BCUT2D eigenvalue weighted by Gasteiger charge is -2.04. The Morgan fingerprint density at radius 2 is 1.00 bits per heavy atom. The molecule has 0 spiro atoms. The predicted octanol–water partition coefficient (Wildman–Crippen LogP) is 5.40. The van der Waals surface area contributed by atoms with Gasteiger partial charge in [0.1, 0.15) is 0 Å². The Bertz CT molecular complexity index is 414. The second kappa shape index (κ2) is 6.97. The van der Waals surface area contributed by atoms with Gasteiger partial charge < -0.3 is 0 Å². The molecule has 18 heavy (non-hydrogen) atoms. The molecule has 2 rings (SSSR count). The smallest absolute Gasteiger partial charge is 0.0679 e. The van der Waals surface area contributed by atoms with E-state index in [4.69, 9.17) is 0 Å². The first-order valence-corrected chi connectivity index (χ1v) is 9.85. The summed E-state index contributed by atoms with van der Waals surface area (Å²) < 4.78 is 0. The average molecular weight is 254 g/mol. The lowest BCUT2D eigenvalue weighted by molar-refractivity contribution is 1.62. The molecule has 2 aromatic carbocycles. The van der Waals surface area contributed by atoms with Crippen molar-refractivity contribution in [3.8, 4) is 11.1 Å². The summed E-state index contributed by atoms with van der Waals surface area (Å²) in [5.74, 6) is 0. The zero-order chi connectivity index (χ0) is 13.4. The summed E-state index contributed by atoms with van der Waals surface area (Å²) in [6, 6.07) is 20.8. The highest BCUT2D eigenvalue weighted by molar-refractivity contribution is 6.80. The third kappa shape index (κ3) is 5.64. The van der Waals surface area contributed by atoms with Crippen LogP contribution in [0, 0.1) is 0 Å². The van der Waals surface area contributed by atoms with Crippen molar-refractivity contribution in [2.45, 2.75) is 19.6 Å². The van der Waals surface area contributed by atoms with E-state index in [0.29, 0.717) is 0 Å². The Hall–Kier alpha value is -1.60. The van der Waals surface area contributed by atoms with E-state index in [2.05, 4.69) is 80.5 Å². The molecule has 0 aliphatic rings. The summed E-state index contributed by atoms with van der Waals surface area (Å²) in [7, 11) is -0.867. The van der Waals surface area contributed by atoms with Crippen molar-refractivity contribution < 1.29 is 0 Å². The first kappa shape index (κ1) is 14.5. The minimum Gasteiger partial charge on any atom is -0.107 e. The van der Waals surface area contributed by atoms with Gasteiger partial charge in [-0.15, -0.1) is 12.3 Å². The molecule has 1 heteroatoms. The summed E-state index contributed by atoms with van der Waals surface area (Å²) >= 11 is 0. The highest BCUT2D eigenvalue weighted by Crippen LogP contribution is 2.17. The van der Waals surface area contributed by atoms with Crippen molar-refractivity contribution in [2.24, 2.45) is 0 Å². The molecule has 0 atom stereocenters. The van der Waals surface area contributed by atoms with Gasteiger partial charge in [-0.25, -0.2) is 0 Å². The standard InChI is InChI=1S/C12H10.C5H12Si/c1-3-7-11(8-4-1)12-9-5-2-6-10-12;1-5-6(2,3)4/h1-10H;5H,1H2,2-4H3. The van der Waals surface area contributed by atoms with Crippen molar-refractivity contribution in [2.75, 3.05) is 0 Å². The molecule has 2 aromatic rings. The lowest BCUT2D eigenvalue weighted by atomic mass is 10.1. The van der Waals surface area contributed by atoms with Gasteiger partial charge in [0.05, 0.1) is 8.07 Å². The van der Waals surface area contributed by atoms with Gasteiger partial charge in [-0.2, -0.15) is 0 Å². The Balaban J connectivity index is 0.000000232. The Kier molecular flexibility index (Phi) is 5.60. The molecule has 0 amide bonds. The van der Waals surface area contributed by atoms with Crippen LogP contribution in [0.1, 0.15) is 0 Å². The number of benzene rings is 2. The van der Waals surface area contributed by atoms with Crippen LogP contribution in [0.5, 0.6) is 0 Å². The van der Waals surface area contributed by atoms with Crippen LogP contribution < -0.4 is 0 Å². The van der Waals surface area contributed by atoms with Crippen LogP contribution in [0.2, 0.25) is 19.6 Å². The van der Waals surface area contributed by atoms with E-state index in [1.54, 1.807) is 0 Å². The Morgan fingerprint density at radius 1 is 0.722 bits per heavy atom. The molecular formula is C17H22Si. The summed E-state index contributed by atoms with van der Waals surface area (Å²) in [6.07, 6.45) is 0. The quantitative estimate of drug-likeness (QED) is 0.629. The van der Waals surface area contributed by atoms with Crippen LogP contribution in [0.25, 0.3) is 11.1 Å². The van der Waals surface area contributed by atoms with Crippen molar-refractivity contribution >= 4 is 8.07 Å². The summed E-state index contributed by atoms with van der Waals surface area (Å²) in [5.41, 5.74) is 4.63. The van der Waals surface area contributed by atoms with E-state index in [0.717, 1.165) is 0 Å². The molecule has 0 aromatic heterocycles. The van der Waals surface area contributed by atoms with Crippen molar-refractivity contribution in [1.82, 2.24) is 0 Å². The third-order valence-corrected chi connectivity index (χ3v) is 3.72. The molecular weight excluding hydrogens is 232 g/mol. The molecule has 0 radical (unpaired) electrons. The van der Waals surface area contributed by atoms with E-state index in [1.807, 2.05) is 12.1 Å². The van der Waals surface area contributed by atoms with E-state index in [1.165, 1.54) is 11.1 Å². The van der Waals surface area contributed by atoms with Gasteiger partial charge in [0, 0.05) is 0 Å². The van der Waals surface area contributed by atoms with Crippen LogP contribution >= 0.6 is 0 Å². The first-order chi connectivity index (χ1) is 8.53. The first-order valence-electron chi connectivity index (χ1n) is 6.27. The maximum atomic E-state index is 3.69. The van der Waals surface area contributed by atoms with E-state index < -0.39 is 8.07 Å². The molecule has 94 valence electrons. The van der Waals surface area contributed by atoms with Crippen LogP contribution in [-0.4, -0.2) is 8.07 Å². The fourth-order valence-corrected chi connectivity index (χ4v) is 1.26. The minimum absolute atomic E-state index is 0.867. The third-order valence-electron chi connectivity index (χ3n) is 2.49. The fourth-order valence-electron chi connectivity index (χ4n) is 1.26. The van der Waals surface area contributed by atoms with Gasteiger partial charge in [-0.1, -0.05) is 80.3 Å². The molecule has 0 N–H and O–H groups in total. The number of hydrogen-bond acceptors (Lipinski definition) is 0. The molecule has 0 aliphatic carbocycles. The lowest BCUT2D eigenvalue weighted by Crippen LogP contribution is -2.14. The Morgan fingerprint density at radius 3 is 1.22 bits per heavy atom. The minimum atomic E-state index is -0.867. The summed E-state index contributed by atoms with van der Waals surface area (Å²) in [6.45, 7) is 10.5. The molecule has 0 unspecified atom stereocenters. The SMILES string of the molecule is C=C[Si](C)(C)C.c1ccc(-c2ccccc2)cc1. The van der Waals surface area contributed by atoms with Gasteiger partial charge >= 0.3 is 0 Å². The molecule has 0 saturated heterocycles. The second-order valence-corrected chi connectivity index (χ2v) is 10.4. The highest BCUT2D eigenvalue weighted by Gasteiger charge is 2.03. The van der Waals surface area contributed by atoms with Gasteiger partial charge in [0.2, 0.25) is 0 Å². The Labute approximate surface area is 112 Å². The zero-order valence-electron chi connectivity index (χ0n) is 11.6. The molecule has 0 nitrogen and oxygen atoms in total. The van der Waals surface area contributed by atoms with Gasteiger partial charge in [-0.05, 0) is 11.1 Å². The van der Waals surface area contributed by atoms with Crippen LogP contribution in [-0.2, 0) is 0 Å². The average Bonchev–Trinajstić information content (AvgIpc) is 2.41. The summed E-state index contributed by atoms with van der Waals surface area (Å²) in [4.78, 5) is 0. The second-order valence-electron chi connectivity index (χ2n) is 5.30. The van der Waals surface area contributed by atoms with Crippen LogP contribution in [0.15, 0.2) is 72.9 Å². The van der Waals surface area contributed by atoms with Gasteiger partial charge in [0.15, 0.2) is 0 Å². The molecule has 0 fully saturated rings. The zero-order valence-corrected chi connectivity index (χ0v) is 12.6. The van der Waals surface area contributed by atoms with Crippen LogP contribution in [0.4, 0.5) is 0 Å². The van der Waals surface area contributed by atoms with Crippen molar-refractivity contribution in [1.29, 1.82) is 0 Å². The maximum absolute atomic E-state index is 3.69. The van der Waals surface area contributed by atoms with Gasteiger partial charge in [-0.3, -0.25) is 0 Å². The molecule has 0 saturated carbocycles. The van der Waals surface area contributed by atoms with E-state index in [9.17, 15) is 0 Å². The van der Waals surface area contributed by atoms with E-state index in [-0.39, 0.29) is 0 Å². The maximum Gasteiger partial charge on any atom is 0.0679 e. The molecule has 0 heterocycles. The van der Waals surface area contributed by atoms with Crippen molar-refractivity contribution in [3.05, 3.63) is 72.9 Å². The van der Waals surface area contributed by atoms with E-state index >= 15 is 0 Å². The summed E-state index contributed by atoms with van der Waals surface area (Å²) in [5, 5.41) is 0. The topological polar surface area (TPSA) is 0 Å². The van der Waals surface area contributed by atoms with Gasteiger partial charge in [0.25, 0.3) is 0 Å². The van der Waals surface area contributed by atoms with Crippen molar-refractivity contribution in [3.63, 3.8) is 0 Å². The largest absolute Gasteiger partial charge is 0.107 e. The number of rotatable bonds is 2. The molecule has 0 aliphatic heterocycles.